The molecule has 6 aromatic heterocycles. The van der Waals surface area contributed by atoms with E-state index in [2.05, 4.69) is 266 Å². The van der Waals surface area contributed by atoms with E-state index < -0.39 is 13.7 Å². The summed E-state index contributed by atoms with van der Waals surface area (Å²) < 4.78 is 61.3. The van der Waals surface area contributed by atoms with E-state index in [1.165, 1.54) is 127 Å². The van der Waals surface area contributed by atoms with Crippen LogP contribution in [-0.4, -0.2) is 13.7 Å². The van der Waals surface area contributed by atoms with E-state index in [1.54, 1.807) is 18.3 Å². The monoisotopic (exact) mass is 1210 g/mol. The maximum atomic E-state index is 8.31. The number of hydrogen-bond donors (Lipinski definition) is 0. The number of rotatable bonds is 5. The molecule has 0 N–H and O–H groups in total. The van der Waals surface area contributed by atoms with E-state index in [1.807, 2.05) is 62.0 Å². The number of nitrogens with zero attached hydrogens (tertiary/aromatic N) is 6. The van der Waals surface area contributed by atoms with Crippen molar-refractivity contribution in [3.8, 4) is 56.0 Å². The van der Waals surface area contributed by atoms with Gasteiger partial charge in [0.1, 0.15) is 37.7 Å². The molecule has 0 fully saturated rings. The van der Waals surface area contributed by atoms with Crippen molar-refractivity contribution in [3.05, 3.63) is 282 Å². The number of benzene rings is 11. The van der Waals surface area contributed by atoms with Crippen LogP contribution in [0.25, 0.3) is 154 Å². The summed E-state index contributed by atoms with van der Waals surface area (Å²) in [5.74, 6) is 0. The number of aryl methyl sites for hydroxylation is 12. The molecule has 0 saturated heterocycles. The standard InChI is InChI=1S/C31H27N2.C30H25N2.C26H25N2/c1-20-9-11-22(12-10-20)23-13-15-26-24(19-23)14-16-28-29(26)27-17-18-32(3)30(31(27)33(28)4)25-8-6-5-7-21(25)2;1-20-9-7-8-12-24(20)29-30-26(17-18-31(29)2)28-25-15-13-22(21-10-5-4-6-11-21)19-23(25)14-16-27(28)32(30)3;1-16-10-12-20(17(2)14-16)25-26-23(18(3)15-27(25)4)24-21-9-7-6-8-19(21)11-13-22(24)28(26)5/h5-19H,1-4H3;4-19H,1-3H3;6-15H,1-5H3/q3*+1/i;;1D3,3D3. The average molecular weight is 1210 g/mol. The molecule has 6 heterocycles. The Hall–Kier alpha value is -11.0. The molecule has 17 rings (SSSR count). The number of aromatic nitrogens is 6. The van der Waals surface area contributed by atoms with Crippen LogP contribution in [0.1, 0.15) is 41.6 Å². The molecular weight excluding hydrogens is 1130 g/mol. The quantitative estimate of drug-likeness (QED) is 0.154. The first-order chi connectivity index (χ1) is 47.5. The molecule has 0 radical (unpaired) electrons. The van der Waals surface area contributed by atoms with Crippen molar-refractivity contribution in [3.63, 3.8) is 0 Å². The highest BCUT2D eigenvalue weighted by atomic mass is 15.0. The van der Waals surface area contributed by atoms with Crippen LogP contribution in [0.2, 0.25) is 0 Å². The summed E-state index contributed by atoms with van der Waals surface area (Å²) in [7, 11) is 12.5. The van der Waals surface area contributed by atoms with Crippen molar-refractivity contribution in [1.29, 1.82) is 0 Å². The lowest BCUT2D eigenvalue weighted by Crippen LogP contribution is -2.32. The molecule has 6 heteroatoms. The largest absolute Gasteiger partial charge is 0.338 e. The van der Waals surface area contributed by atoms with Gasteiger partial charge in [-0.25, -0.2) is 0 Å². The molecule has 0 saturated carbocycles. The van der Waals surface area contributed by atoms with E-state index in [9.17, 15) is 0 Å². The molecule has 0 bridgehead atoms. The van der Waals surface area contributed by atoms with Gasteiger partial charge in [-0.2, -0.15) is 13.7 Å². The molecule has 0 spiro atoms. The van der Waals surface area contributed by atoms with E-state index in [-0.39, 0.29) is 5.56 Å². The first-order valence-electron chi connectivity index (χ1n) is 34.9. The fourth-order valence-electron chi connectivity index (χ4n) is 14.9. The van der Waals surface area contributed by atoms with Crippen molar-refractivity contribution >= 4 is 97.7 Å². The third-order valence-corrected chi connectivity index (χ3v) is 19.6. The third kappa shape index (κ3) is 9.74. The second kappa shape index (κ2) is 23.1. The van der Waals surface area contributed by atoms with Gasteiger partial charge in [-0.3, -0.25) is 0 Å². The summed E-state index contributed by atoms with van der Waals surface area (Å²) in [6, 6.07) is 81.3. The Kier molecular flexibility index (Phi) is 12.8. The fraction of sp³-hybridized carbons (Fsp3) is 0.138. The fourth-order valence-corrected chi connectivity index (χ4v) is 14.9. The van der Waals surface area contributed by atoms with Gasteiger partial charge in [-0.1, -0.05) is 181 Å². The summed E-state index contributed by atoms with van der Waals surface area (Å²) in [6.45, 7) is 3.92. The lowest BCUT2D eigenvalue weighted by molar-refractivity contribution is -0.659. The summed E-state index contributed by atoms with van der Waals surface area (Å²) >= 11 is 0. The van der Waals surface area contributed by atoms with Crippen molar-refractivity contribution < 1.29 is 21.9 Å². The summed E-state index contributed by atoms with van der Waals surface area (Å²) in [6.07, 6.45) is 6.09. The van der Waals surface area contributed by atoms with E-state index >= 15 is 0 Å². The van der Waals surface area contributed by atoms with Gasteiger partial charge in [0.25, 0.3) is 0 Å². The minimum atomic E-state index is -2.31. The molecule has 0 unspecified atom stereocenters. The van der Waals surface area contributed by atoms with Gasteiger partial charge in [-0.05, 0) is 161 Å². The molecule has 6 nitrogen and oxygen atoms in total. The summed E-state index contributed by atoms with van der Waals surface area (Å²) in [4.78, 5) is 0. The maximum absolute atomic E-state index is 8.31. The summed E-state index contributed by atoms with van der Waals surface area (Å²) in [5, 5.41) is 14.1. The molecule has 93 heavy (non-hydrogen) atoms. The van der Waals surface area contributed by atoms with E-state index in [0.717, 1.165) is 44.0 Å². The van der Waals surface area contributed by atoms with Crippen molar-refractivity contribution in [2.45, 2.75) is 41.4 Å². The minimum Gasteiger partial charge on any atom is -0.338 e. The van der Waals surface area contributed by atoms with Gasteiger partial charge in [0.15, 0.2) is 18.6 Å². The highest BCUT2D eigenvalue weighted by molar-refractivity contribution is 6.25. The second-order valence-corrected chi connectivity index (χ2v) is 25.3. The van der Waals surface area contributed by atoms with E-state index in [0.29, 0.717) is 10.9 Å². The smallest absolute Gasteiger partial charge is 0.237 e. The van der Waals surface area contributed by atoms with Gasteiger partial charge in [-0.15, -0.1) is 0 Å². The van der Waals surface area contributed by atoms with Crippen LogP contribution in [0.3, 0.4) is 0 Å². The van der Waals surface area contributed by atoms with Crippen LogP contribution >= 0.6 is 0 Å². The Morgan fingerprint density at radius 3 is 1.30 bits per heavy atom. The molecule has 17 aromatic rings. The zero-order chi connectivity index (χ0) is 69.1. The average Bonchev–Trinajstić information content (AvgIpc) is 1.58. The van der Waals surface area contributed by atoms with Crippen LogP contribution in [-0.2, 0) is 42.3 Å². The van der Waals surface area contributed by atoms with Gasteiger partial charge < -0.3 is 13.7 Å². The Balaban J connectivity index is 0.000000121. The minimum absolute atomic E-state index is 0.287. The number of fused-ring (bicyclic) bond motifs is 15. The number of hydrogen-bond acceptors (Lipinski definition) is 0. The van der Waals surface area contributed by atoms with Crippen LogP contribution in [0, 0.1) is 41.4 Å². The topological polar surface area (TPSA) is 26.4 Å². The van der Waals surface area contributed by atoms with Crippen LogP contribution in [0.5, 0.6) is 0 Å². The SMILES string of the molecule is Cc1ccc(-c2ccc3c(ccc4c3c3cc[n+](C)c(-c5ccccc5C)c3n4C)c2)cc1.Cc1ccccc1-c1c2c(cc[n+]1C)c1c3ccc(-c4ccccc4)cc3ccc1n2C.[2H]C([2H])([2H])c1ccc(-c2c3c(c(C([2H])([2H])[2H])c[n+]2C)c2c4ccccc4ccc2n3C)c(C)c1. The van der Waals surface area contributed by atoms with Crippen molar-refractivity contribution in [2.75, 3.05) is 0 Å². The lowest BCUT2D eigenvalue weighted by atomic mass is 9.97. The van der Waals surface area contributed by atoms with Crippen LogP contribution < -0.4 is 13.7 Å². The number of pyridine rings is 3. The van der Waals surface area contributed by atoms with Gasteiger partial charge in [0.05, 0.1) is 16.7 Å². The molecular formula is C87H77N6+3. The molecule has 452 valence electrons. The van der Waals surface area contributed by atoms with Crippen molar-refractivity contribution in [1.82, 2.24) is 13.7 Å². The molecule has 0 aliphatic heterocycles. The highest BCUT2D eigenvalue weighted by Crippen LogP contribution is 2.43. The molecule has 0 atom stereocenters. The van der Waals surface area contributed by atoms with Crippen molar-refractivity contribution in [2.24, 2.45) is 42.3 Å². The van der Waals surface area contributed by atoms with Gasteiger partial charge >= 0.3 is 0 Å². The van der Waals surface area contributed by atoms with Gasteiger partial charge in [0.2, 0.25) is 17.1 Å². The summed E-state index contributed by atoms with van der Waals surface area (Å²) in [5.41, 5.74) is 23.9. The molecule has 0 aliphatic rings. The third-order valence-electron chi connectivity index (χ3n) is 19.6. The lowest BCUT2D eigenvalue weighted by Gasteiger charge is -2.10. The second-order valence-electron chi connectivity index (χ2n) is 25.3. The first-order valence-corrected chi connectivity index (χ1v) is 31.9. The Labute approximate surface area is 552 Å². The maximum Gasteiger partial charge on any atom is 0.237 e. The Morgan fingerprint density at radius 2 is 0.753 bits per heavy atom. The zero-order valence-electron chi connectivity index (χ0n) is 60.4. The predicted octanol–water partition coefficient (Wildman–Crippen LogP) is 20.1. The van der Waals surface area contributed by atoms with Crippen LogP contribution in [0.4, 0.5) is 0 Å². The first kappa shape index (κ1) is 51.8. The highest BCUT2D eigenvalue weighted by Gasteiger charge is 2.28. The zero-order valence-corrected chi connectivity index (χ0v) is 54.4. The van der Waals surface area contributed by atoms with E-state index in [4.69, 9.17) is 8.22 Å². The normalized spacial score (nSPS) is 12.9. The molecule has 0 amide bonds. The van der Waals surface area contributed by atoms with Gasteiger partial charge in [0, 0.05) is 95.9 Å². The predicted molar refractivity (Wildman–Crippen MR) is 393 cm³/mol. The Bertz CT molecular complexity index is 6130. The Morgan fingerprint density at radius 1 is 0.301 bits per heavy atom. The molecule has 11 aromatic carbocycles. The molecule has 0 aliphatic carbocycles. The van der Waals surface area contributed by atoms with Crippen LogP contribution in [0.15, 0.2) is 249 Å².